The first-order valence-corrected chi connectivity index (χ1v) is 7.20. The van der Waals surface area contributed by atoms with E-state index in [0.717, 1.165) is 19.3 Å². The quantitative estimate of drug-likeness (QED) is 0.706. The van der Waals surface area contributed by atoms with Crippen molar-refractivity contribution >= 4 is 5.91 Å². The van der Waals surface area contributed by atoms with Crippen molar-refractivity contribution in [3.63, 3.8) is 0 Å². The van der Waals surface area contributed by atoms with E-state index in [1.54, 1.807) is 4.90 Å². The number of carbonyl (C=O) groups is 1. The van der Waals surface area contributed by atoms with Crippen LogP contribution in [-0.2, 0) is 9.53 Å². The van der Waals surface area contributed by atoms with Gasteiger partial charge in [-0.2, -0.15) is 0 Å². The monoisotopic (exact) mass is 256 g/mol. The summed E-state index contributed by atoms with van der Waals surface area (Å²) in [4.78, 5) is 13.7. The zero-order valence-corrected chi connectivity index (χ0v) is 11.9. The lowest BCUT2D eigenvalue weighted by Gasteiger charge is -2.26. The van der Waals surface area contributed by atoms with Crippen molar-refractivity contribution in [2.24, 2.45) is 11.7 Å². The Bertz CT molecular complexity index is 238. The van der Waals surface area contributed by atoms with Gasteiger partial charge < -0.3 is 15.4 Å². The van der Waals surface area contributed by atoms with Gasteiger partial charge in [0.25, 0.3) is 0 Å². The van der Waals surface area contributed by atoms with E-state index in [-0.39, 0.29) is 5.91 Å². The van der Waals surface area contributed by atoms with Crippen molar-refractivity contribution in [1.82, 2.24) is 4.90 Å². The lowest BCUT2D eigenvalue weighted by Crippen LogP contribution is -2.31. The van der Waals surface area contributed by atoms with Crippen molar-refractivity contribution in [3.8, 4) is 0 Å². The zero-order valence-electron chi connectivity index (χ0n) is 11.9. The third-order valence-corrected chi connectivity index (χ3v) is 3.86. The summed E-state index contributed by atoms with van der Waals surface area (Å²) >= 11 is 0. The summed E-state index contributed by atoms with van der Waals surface area (Å²) < 4.78 is 5.25. The maximum Gasteiger partial charge on any atom is 0.222 e. The Labute approximate surface area is 111 Å². The Kier molecular flexibility index (Phi) is 7.28. The van der Waals surface area contributed by atoms with E-state index in [4.69, 9.17) is 10.5 Å². The summed E-state index contributed by atoms with van der Waals surface area (Å²) in [6.07, 6.45) is 6.32. The molecule has 0 spiro atoms. The van der Waals surface area contributed by atoms with Crippen LogP contribution in [0, 0.1) is 5.92 Å². The van der Waals surface area contributed by atoms with Gasteiger partial charge >= 0.3 is 0 Å². The first-order chi connectivity index (χ1) is 8.63. The standard InChI is InChI=1S/C14H28N2O2/c1-3-18-11-10-16(2)14(17)9-6-12-4-7-13(15)8-5-12/h12-13H,3-11,15H2,1-2H3. The fourth-order valence-electron chi connectivity index (χ4n) is 2.47. The molecule has 1 aliphatic carbocycles. The number of nitrogens with two attached hydrogens (primary N) is 1. The van der Waals surface area contributed by atoms with Gasteiger partial charge in [-0.3, -0.25) is 4.79 Å². The van der Waals surface area contributed by atoms with Crippen LogP contribution >= 0.6 is 0 Å². The number of hydrogen-bond acceptors (Lipinski definition) is 3. The van der Waals surface area contributed by atoms with Crippen LogP contribution in [0.4, 0.5) is 0 Å². The average molecular weight is 256 g/mol. The fourth-order valence-corrected chi connectivity index (χ4v) is 2.47. The van der Waals surface area contributed by atoms with Crippen molar-refractivity contribution in [1.29, 1.82) is 0 Å². The lowest BCUT2D eigenvalue weighted by molar-refractivity contribution is -0.130. The summed E-state index contributed by atoms with van der Waals surface area (Å²) in [6, 6.07) is 0.394. The minimum absolute atomic E-state index is 0.240. The van der Waals surface area contributed by atoms with Crippen LogP contribution < -0.4 is 5.73 Å². The number of hydrogen-bond donors (Lipinski definition) is 1. The smallest absolute Gasteiger partial charge is 0.222 e. The largest absolute Gasteiger partial charge is 0.380 e. The van der Waals surface area contributed by atoms with Gasteiger partial charge in [0.1, 0.15) is 0 Å². The second kappa shape index (κ2) is 8.48. The molecule has 0 aromatic carbocycles. The number of amides is 1. The first kappa shape index (κ1) is 15.4. The van der Waals surface area contributed by atoms with Crippen molar-refractivity contribution in [2.45, 2.75) is 51.5 Å². The van der Waals surface area contributed by atoms with Gasteiger partial charge in [-0.1, -0.05) is 0 Å². The van der Waals surface area contributed by atoms with Crippen LogP contribution in [0.1, 0.15) is 45.4 Å². The fraction of sp³-hybridized carbons (Fsp3) is 0.929. The third-order valence-electron chi connectivity index (χ3n) is 3.86. The lowest BCUT2D eigenvalue weighted by atomic mass is 9.84. The summed E-state index contributed by atoms with van der Waals surface area (Å²) in [5, 5.41) is 0. The molecule has 1 amide bonds. The van der Waals surface area contributed by atoms with Gasteiger partial charge in [0.2, 0.25) is 5.91 Å². The van der Waals surface area contributed by atoms with E-state index < -0.39 is 0 Å². The van der Waals surface area contributed by atoms with Gasteiger partial charge in [0.05, 0.1) is 6.61 Å². The predicted molar refractivity (Wildman–Crippen MR) is 73.3 cm³/mol. The molecular weight excluding hydrogens is 228 g/mol. The van der Waals surface area contributed by atoms with Crippen LogP contribution in [0.3, 0.4) is 0 Å². The van der Waals surface area contributed by atoms with Gasteiger partial charge in [-0.25, -0.2) is 0 Å². The molecule has 0 aliphatic heterocycles. The predicted octanol–water partition coefficient (Wildman–Crippen LogP) is 1.78. The van der Waals surface area contributed by atoms with Gasteiger partial charge in [0.15, 0.2) is 0 Å². The molecule has 4 nitrogen and oxygen atoms in total. The second-order valence-corrected chi connectivity index (χ2v) is 5.33. The number of carbonyl (C=O) groups excluding carboxylic acids is 1. The number of rotatable bonds is 7. The molecule has 1 saturated carbocycles. The van der Waals surface area contributed by atoms with E-state index in [1.807, 2.05) is 14.0 Å². The molecule has 2 N–H and O–H groups in total. The summed E-state index contributed by atoms with van der Waals surface area (Å²) in [5.41, 5.74) is 5.88. The SMILES string of the molecule is CCOCCN(C)C(=O)CCC1CCC(N)CC1. The molecule has 0 unspecified atom stereocenters. The molecule has 106 valence electrons. The maximum absolute atomic E-state index is 11.9. The molecule has 0 radical (unpaired) electrons. The summed E-state index contributed by atoms with van der Waals surface area (Å²) in [5.74, 6) is 0.943. The number of ether oxygens (including phenoxy) is 1. The molecule has 0 bridgehead atoms. The van der Waals surface area contributed by atoms with E-state index in [0.29, 0.717) is 38.1 Å². The topological polar surface area (TPSA) is 55.6 Å². The molecule has 0 aromatic rings. The Hall–Kier alpha value is -0.610. The van der Waals surface area contributed by atoms with Gasteiger partial charge in [-0.15, -0.1) is 0 Å². The van der Waals surface area contributed by atoms with E-state index >= 15 is 0 Å². The third kappa shape index (κ3) is 5.83. The Morgan fingerprint density at radius 1 is 1.33 bits per heavy atom. The highest BCUT2D eigenvalue weighted by Crippen LogP contribution is 2.26. The molecule has 0 saturated heterocycles. The Balaban J connectivity index is 2.12. The van der Waals surface area contributed by atoms with E-state index in [9.17, 15) is 4.79 Å². The normalized spacial score (nSPS) is 23.9. The van der Waals surface area contributed by atoms with Crippen LogP contribution in [0.15, 0.2) is 0 Å². The molecule has 0 aromatic heterocycles. The summed E-state index contributed by atoms with van der Waals surface area (Å²) in [6.45, 7) is 4.01. The first-order valence-electron chi connectivity index (χ1n) is 7.20. The zero-order chi connectivity index (χ0) is 13.4. The molecule has 1 aliphatic rings. The highest BCUT2D eigenvalue weighted by atomic mass is 16.5. The van der Waals surface area contributed by atoms with E-state index in [2.05, 4.69) is 0 Å². The number of nitrogens with zero attached hydrogens (tertiary/aromatic N) is 1. The molecule has 4 heteroatoms. The number of likely N-dealkylation sites (N-methyl/N-ethyl adjacent to an activating group) is 1. The van der Waals surface area contributed by atoms with Crippen LogP contribution in [0.2, 0.25) is 0 Å². The molecule has 18 heavy (non-hydrogen) atoms. The van der Waals surface area contributed by atoms with Gasteiger partial charge in [-0.05, 0) is 44.9 Å². The highest BCUT2D eigenvalue weighted by molar-refractivity contribution is 5.75. The highest BCUT2D eigenvalue weighted by Gasteiger charge is 2.19. The van der Waals surface area contributed by atoms with Crippen molar-refractivity contribution in [3.05, 3.63) is 0 Å². The van der Waals surface area contributed by atoms with Crippen LogP contribution in [-0.4, -0.2) is 43.7 Å². The van der Waals surface area contributed by atoms with E-state index in [1.165, 1.54) is 12.8 Å². The molecule has 1 rings (SSSR count). The average Bonchev–Trinajstić information content (AvgIpc) is 2.38. The molecular formula is C14H28N2O2. The molecule has 0 heterocycles. The van der Waals surface area contributed by atoms with Crippen LogP contribution in [0.25, 0.3) is 0 Å². The minimum Gasteiger partial charge on any atom is -0.380 e. The Morgan fingerprint density at radius 3 is 2.61 bits per heavy atom. The van der Waals surface area contributed by atoms with Crippen molar-refractivity contribution in [2.75, 3.05) is 26.8 Å². The maximum atomic E-state index is 11.9. The van der Waals surface area contributed by atoms with Gasteiger partial charge in [0, 0.05) is 32.7 Å². The molecule has 1 fully saturated rings. The second-order valence-electron chi connectivity index (χ2n) is 5.33. The Morgan fingerprint density at radius 2 is 2.00 bits per heavy atom. The molecule has 0 atom stereocenters. The van der Waals surface area contributed by atoms with Crippen molar-refractivity contribution < 1.29 is 9.53 Å². The minimum atomic E-state index is 0.240. The summed E-state index contributed by atoms with van der Waals surface area (Å²) in [7, 11) is 1.86. The van der Waals surface area contributed by atoms with Crippen LogP contribution in [0.5, 0.6) is 0 Å².